The van der Waals surface area contributed by atoms with Crippen molar-refractivity contribution in [1.29, 1.82) is 0 Å². The molecule has 1 N–H and O–H groups in total. The summed E-state index contributed by atoms with van der Waals surface area (Å²) in [5, 5.41) is 8.08. The second-order valence-electron chi connectivity index (χ2n) is 1.01. The molecule has 0 aromatic rings. The van der Waals surface area contributed by atoms with Crippen molar-refractivity contribution in [2.24, 2.45) is 0 Å². The van der Waals surface area contributed by atoms with Crippen LogP contribution in [0.25, 0.3) is 0 Å². The van der Waals surface area contributed by atoms with E-state index in [0.29, 0.717) is 0 Å². The highest BCUT2D eigenvalue weighted by atomic mass is 35.5. The molecule has 0 bridgehead atoms. The molecule has 0 fully saturated rings. The predicted octanol–water partition coefficient (Wildman–Crippen LogP) is 0.987. The first-order valence-electron chi connectivity index (χ1n) is 1.40. The monoisotopic (exact) mass is 127 g/mol. The fourth-order valence-corrected chi connectivity index (χ4v) is 0. The van der Waals surface area contributed by atoms with Crippen LogP contribution in [0.2, 0.25) is 0 Å². The molecule has 0 saturated carbocycles. The van der Waals surface area contributed by atoms with E-state index in [0.717, 1.165) is 0 Å². The van der Waals surface area contributed by atoms with Crippen LogP contribution in [0.1, 0.15) is 0 Å². The minimum absolute atomic E-state index is 0.309. The summed E-state index contributed by atoms with van der Waals surface area (Å²) in [7, 11) is 0. The molecule has 0 aliphatic heterocycles. The van der Waals surface area contributed by atoms with E-state index in [4.69, 9.17) is 28.3 Å². The third kappa shape index (κ3) is 4.54. The zero-order valence-corrected chi connectivity index (χ0v) is 4.63. The van der Waals surface area contributed by atoms with E-state index in [1.54, 1.807) is 0 Å². The first-order chi connectivity index (χ1) is 2.56. The number of aliphatic hydroxyl groups excluding tert-OH is 1. The number of hydrogen-bond donors (Lipinski definition) is 1. The van der Waals surface area contributed by atoms with E-state index in [1.807, 2.05) is 0 Å². The standard InChI is InChI=1S/C3H5Cl2O/c1-3(4,5)2-6/h6H,1-2H2. The molecule has 37 valence electrons. The summed E-state index contributed by atoms with van der Waals surface area (Å²) in [5.74, 6) is 0. The van der Waals surface area contributed by atoms with Crippen LogP contribution in [0.4, 0.5) is 0 Å². The maximum Gasteiger partial charge on any atom is 0.141 e. The third-order valence-corrected chi connectivity index (χ3v) is 0.470. The van der Waals surface area contributed by atoms with Crippen LogP contribution in [0, 0.1) is 6.92 Å². The average molecular weight is 128 g/mol. The lowest BCUT2D eigenvalue weighted by molar-refractivity contribution is 0.294. The molecule has 0 aromatic heterocycles. The normalized spacial score (nSPS) is 12.0. The zero-order valence-electron chi connectivity index (χ0n) is 3.12. The first-order valence-corrected chi connectivity index (χ1v) is 2.16. The molecule has 0 unspecified atom stereocenters. The van der Waals surface area contributed by atoms with Gasteiger partial charge in [0.15, 0.2) is 0 Å². The summed E-state index contributed by atoms with van der Waals surface area (Å²) < 4.78 is -1.21. The van der Waals surface area contributed by atoms with Gasteiger partial charge in [0.2, 0.25) is 0 Å². The van der Waals surface area contributed by atoms with Crippen molar-refractivity contribution in [3.05, 3.63) is 6.92 Å². The molecule has 0 spiro atoms. The summed E-state index contributed by atoms with van der Waals surface area (Å²) >= 11 is 10.2. The Morgan fingerprint density at radius 3 is 1.83 bits per heavy atom. The number of rotatable bonds is 1. The highest BCUT2D eigenvalue weighted by Crippen LogP contribution is 2.16. The largest absolute Gasteiger partial charge is 0.393 e. The molecule has 0 aliphatic rings. The van der Waals surface area contributed by atoms with E-state index >= 15 is 0 Å². The Bertz CT molecular complexity index is 38.5. The van der Waals surface area contributed by atoms with E-state index in [1.165, 1.54) is 0 Å². The maximum atomic E-state index is 8.08. The Kier molecular flexibility index (Phi) is 2.19. The second-order valence-corrected chi connectivity index (χ2v) is 2.65. The smallest absolute Gasteiger partial charge is 0.141 e. The lowest BCUT2D eigenvalue weighted by atomic mass is 10.5. The van der Waals surface area contributed by atoms with Crippen LogP contribution < -0.4 is 0 Å². The van der Waals surface area contributed by atoms with Gasteiger partial charge < -0.3 is 5.11 Å². The highest BCUT2D eigenvalue weighted by Gasteiger charge is 2.12. The molecule has 1 nitrogen and oxygen atoms in total. The molecule has 0 atom stereocenters. The molecule has 0 saturated heterocycles. The van der Waals surface area contributed by atoms with Gasteiger partial charge in [-0.05, 0) is 6.92 Å². The van der Waals surface area contributed by atoms with Crippen molar-refractivity contribution < 1.29 is 5.11 Å². The minimum Gasteiger partial charge on any atom is -0.393 e. The van der Waals surface area contributed by atoms with Crippen molar-refractivity contribution in [3.63, 3.8) is 0 Å². The lowest BCUT2D eigenvalue weighted by Crippen LogP contribution is -2.11. The SMILES string of the molecule is [CH2]C(Cl)(Cl)CO. The average Bonchev–Trinajstić information content (AvgIpc) is 1.35. The van der Waals surface area contributed by atoms with E-state index in [-0.39, 0.29) is 6.61 Å². The molecule has 0 heterocycles. The quantitative estimate of drug-likeness (QED) is 0.522. The van der Waals surface area contributed by atoms with Crippen LogP contribution in [0.15, 0.2) is 0 Å². The molecule has 0 aliphatic carbocycles. The summed E-state index contributed by atoms with van der Waals surface area (Å²) in [6.07, 6.45) is 0. The minimum atomic E-state index is -1.21. The molecule has 1 radical (unpaired) electrons. The van der Waals surface area contributed by atoms with Gasteiger partial charge in [0.05, 0.1) is 6.61 Å². The van der Waals surface area contributed by atoms with Crippen LogP contribution >= 0.6 is 23.2 Å². The zero-order chi connectivity index (χ0) is 5.21. The number of halogens is 2. The van der Waals surface area contributed by atoms with Crippen molar-refractivity contribution in [3.8, 4) is 0 Å². The molecule has 6 heavy (non-hydrogen) atoms. The Hall–Kier alpha value is 0.540. The van der Waals surface area contributed by atoms with Gasteiger partial charge in [0.25, 0.3) is 0 Å². The van der Waals surface area contributed by atoms with E-state index < -0.39 is 4.33 Å². The van der Waals surface area contributed by atoms with Crippen LogP contribution in [-0.2, 0) is 0 Å². The Morgan fingerprint density at radius 1 is 1.67 bits per heavy atom. The Labute approximate surface area is 46.9 Å². The summed E-state index contributed by atoms with van der Waals surface area (Å²) in [6, 6.07) is 0. The van der Waals surface area contributed by atoms with E-state index in [2.05, 4.69) is 6.92 Å². The lowest BCUT2D eigenvalue weighted by Gasteiger charge is -2.04. The Balaban J connectivity index is 3.17. The van der Waals surface area contributed by atoms with E-state index in [9.17, 15) is 0 Å². The van der Waals surface area contributed by atoms with Crippen LogP contribution in [0.5, 0.6) is 0 Å². The predicted molar refractivity (Wildman–Crippen MR) is 26.9 cm³/mol. The van der Waals surface area contributed by atoms with Crippen molar-refractivity contribution >= 4 is 23.2 Å². The van der Waals surface area contributed by atoms with Gasteiger partial charge in [-0.2, -0.15) is 0 Å². The summed E-state index contributed by atoms with van der Waals surface area (Å²) in [5.41, 5.74) is 0. The number of alkyl halides is 2. The summed E-state index contributed by atoms with van der Waals surface area (Å²) in [6.45, 7) is 2.86. The van der Waals surface area contributed by atoms with Crippen molar-refractivity contribution in [2.75, 3.05) is 6.61 Å². The van der Waals surface area contributed by atoms with Gasteiger partial charge >= 0.3 is 0 Å². The topological polar surface area (TPSA) is 20.2 Å². The molecule has 0 aromatic carbocycles. The maximum absolute atomic E-state index is 8.08. The third-order valence-electron chi connectivity index (χ3n) is 0.231. The summed E-state index contributed by atoms with van der Waals surface area (Å²) in [4.78, 5) is 0. The molecule has 0 amide bonds. The van der Waals surface area contributed by atoms with Crippen LogP contribution in [0.3, 0.4) is 0 Å². The second kappa shape index (κ2) is 2.01. The van der Waals surface area contributed by atoms with Crippen molar-refractivity contribution in [1.82, 2.24) is 0 Å². The number of hydrogen-bond acceptors (Lipinski definition) is 1. The molecule has 3 heteroatoms. The van der Waals surface area contributed by atoms with Gasteiger partial charge in [-0.15, -0.1) is 0 Å². The number of aliphatic hydroxyl groups is 1. The fourth-order valence-electron chi connectivity index (χ4n) is 0. The van der Waals surface area contributed by atoms with Gasteiger partial charge in [0, 0.05) is 0 Å². The molecular weight excluding hydrogens is 123 g/mol. The van der Waals surface area contributed by atoms with Gasteiger partial charge in [0.1, 0.15) is 4.33 Å². The van der Waals surface area contributed by atoms with Gasteiger partial charge in [-0.1, -0.05) is 23.2 Å². The Morgan fingerprint density at radius 2 is 1.83 bits per heavy atom. The van der Waals surface area contributed by atoms with Crippen LogP contribution in [-0.4, -0.2) is 16.0 Å². The van der Waals surface area contributed by atoms with Gasteiger partial charge in [-0.3, -0.25) is 0 Å². The van der Waals surface area contributed by atoms with Gasteiger partial charge in [-0.25, -0.2) is 0 Å². The molecule has 0 rings (SSSR count). The van der Waals surface area contributed by atoms with Crippen molar-refractivity contribution in [2.45, 2.75) is 4.33 Å². The first kappa shape index (κ1) is 6.54. The fraction of sp³-hybridized carbons (Fsp3) is 0.667. The molecular formula is C3H5Cl2O. The highest BCUT2D eigenvalue weighted by molar-refractivity contribution is 6.49.